The van der Waals surface area contributed by atoms with Gasteiger partial charge in [-0.15, -0.1) is 0 Å². The predicted octanol–water partition coefficient (Wildman–Crippen LogP) is 16.9. The first-order valence-electron chi connectivity index (χ1n) is 21.3. The molecule has 0 rings (SSSR count). The second-order valence-corrected chi connectivity index (χ2v) is 14.9. The van der Waals surface area contributed by atoms with Crippen molar-refractivity contribution in [3.8, 4) is 0 Å². The Morgan fingerprint density at radius 3 is 0.512 bits per heavy atom. The lowest BCUT2D eigenvalue weighted by Gasteiger charge is -2.17. The van der Waals surface area contributed by atoms with Crippen molar-refractivity contribution in [2.24, 2.45) is 5.92 Å². The highest BCUT2D eigenvalue weighted by molar-refractivity contribution is 4.62. The molecule has 43 heavy (non-hydrogen) atoms. The first-order valence-corrected chi connectivity index (χ1v) is 21.3. The summed E-state index contributed by atoms with van der Waals surface area (Å²) in [6.45, 7) is 6.98. The van der Waals surface area contributed by atoms with Gasteiger partial charge in [-0.3, -0.25) is 0 Å². The fourth-order valence-electron chi connectivity index (χ4n) is 7.26. The summed E-state index contributed by atoms with van der Waals surface area (Å²) in [5.74, 6) is 1.04. The Hall–Kier alpha value is 0. The molecule has 0 aliphatic carbocycles. The zero-order valence-corrected chi connectivity index (χ0v) is 31.2. The minimum absolute atomic E-state index is 1.04. The van der Waals surface area contributed by atoms with Gasteiger partial charge in [-0.2, -0.15) is 0 Å². The molecule has 0 fully saturated rings. The Morgan fingerprint density at radius 2 is 0.326 bits per heavy atom. The van der Waals surface area contributed by atoms with E-state index in [4.69, 9.17) is 0 Å². The van der Waals surface area contributed by atoms with Crippen LogP contribution >= 0.6 is 0 Å². The van der Waals surface area contributed by atoms with E-state index in [2.05, 4.69) is 20.8 Å². The molecule has 0 aromatic rings. The molecule has 0 spiro atoms. The molecule has 0 saturated heterocycles. The molecule has 0 saturated carbocycles. The van der Waals surface area contributed by atoms with E-state index < -0.39 is 0 Å². The van der Waals surface area contributed by atoms with Crippen LogP contribution in [0.4, 0.5) is 0 Å². The number of hydrogen-bond acceptors (Lipinski definition) is 0. The van der Waals surface area contributed by atoms with Gasteiger partial charge in [-0.25, -0.2) is 0 Å². The summed E-state index contributed by atoms with van der Waals surface area (Å²) in [6.07, 6.45) is 57.8. The van der Waals surface area contributed by atoms with Crippen LogP contribution in [0, 0.1) is 5.92 Å². The standard InChI is InChI=1S/C43H88/c1-4-7-10-13-15-17-19-21-23-24-26-28-30-32-34-36-39-42-43(40-37-12-9-6-3)41-38-35-33-31-29-27-25-22-20-18-16-14-11-8-5-2/h43H,4-42H2,1-3H3. The SMILES string of the molecule is CCCCCCCCCCCCCCCCCCCC(CCCCCC)CCCCCCCCCCCCCCCCC. The topological polar surface area (TPSA) is 0 Å². The molecular formula is C43H88. The fourth-order valence-corrected chi connectivity index (χ4v) is 7.26. The maximum Gasteiger partial charge on any atom is -0.0414 e. The van der Waals surface area contributed by atoms with Gasteiger partial charge < -0.3 is 0 Å². The zero-order valence-electron chi connectivity index (χ0n) is 31.2. The van der Waals surface area contributed by atoms with Crippen LogP contribution in [0.3, 0.4) is 0 Å². The predicted molar refractivity (Wildman–Crippen MR) is 201 cm³/mol. The molecule has 0 heterocycles. The minimum Gasteiger partial charge on any atom is -0.0654 e. The molecule has 0 aliphatic rings. The average molecular weight is 605 g/mol. The minimum atomic E-state index is 1.04. The molecule has 260 valence electrons. The lowest BCUT2D eigenvalue weighted by atomic mass is 9.89. The second-order valence-electron chi connectivity index (χ2n) is 14.9. The van der Waals surface area contributed by atoms with Crippen LogP contribution in [0.5, 0.6) is 0 Å². The summed E-state index contributed by atoms with van der Waals surface area (Å²) in [5.41, 5.74) is 0. The van der Waals surface area contributed by atoms with E-state index in [1.54, 1.807) is 0 Å². The summed E-state index contributed by atoms with van der Waals surface area (Å²) >= 11 is 0. The smallest absolute Gasteiger partial charge is 0.0414 e. The quantitative estimate of drug-likeness (QED) is 0.0612. The van der Waals surface area contributed by atoms with Crippen molar-refractivity contribution in [3.63, 3.8) is 0 Å². The number of rotatable bonds is 39. The van der Waals surface area contributed by atoms with Gasteiger partial charge in [-0.05, 0) is 5.92 Å². The van der Waals surface area contributed by atoms with Crippen molar-refractivity contribution in [1.29, 1.82) is 0 Å². The number of hydrogen-bond donors (Lipinski definition) is 0. The van der Waals surface area contributed by atoms with E-state index in [-0.39, 0.29) is 0 Å². The molecule has 0 aromatic heterocycles. The lowest BCUT2D eigenvalue weighted by Crippen LogP contribution is -2.01. The van der Waals surface area contributed by atoms with Crippen molar-refractivity contribution < 1.29 is 0 Å². The maximum atomic E-state index is 2.35. The Balaban J connectivity index is 3.59. The van der Waals surface area contributed by atoms with Gasteiger partial charge in [0.05, 0.1) is 0 Å². The summed E-state index contributed by atoms with van der Waals surface area (Å²) in [7, 11) is 0. The van der Waals surface area contributed by atoms with Crippen LogP contribution in [-0.4, -0.2) is 0 Å². The summed E-state index contributed by atoms with van der Waals surface area (Å²) in [5, 5.41) is 0. The molecule has 0 nitrogen and oxygen atoms in total. The normalized spacial score (nSPS) is 12.3. The molecule has 0 aromatic carbocycles. The van der Waals surface area contributed by atoms with Gasteiger partial charge in [0.25, 0.3) is 0 Å². The van der Waals surface area contributed by atoms with Crippen LogP contribution in [-0.2, 0) is 0 Å². The van der Waals surface area contributed by atoms with Gasteiger partial charge in [-0.1, -0.05) is 271 Å². The van der Waals surface area contributed by atoms with Crippen molar-refractivity contribution in [2.45, 2.75) is 271 Å². The molecule has 0 heteroatoms. The van der Waals surface area contributed by atoms with Crippen LogP contribution in [0.2, 0.25) is 0 Å². The Kier molecular flexibility index (Phi) is 40.0. The molecular weight excluding hydrogens is 516 g/mol. The van der Waals surface area contributed by atoms with Crippen LogP contribution in [0.25, 0.3) is 0 Å². The summed E-state index contributed by atoms with van der Waals surface area (Å²) < 4.78 is 0. The first-order chi connectivity index (χ1) is 21.3. The van der Waals surface area contributed by atoms with Crippen LogP contribution in [0.15, 0.2) is 0 Å². The first kappa shape index (κ1) is 43.0. The van der Waals surface area contributed by atoms with Crippen LogP contribution < -0.4 is 0 Å². The van der Waals surface area contributed by atoms with Crippen molar-refractivity contribution >= 4 is 0 Å². The molecule has 0 amide bonds. The third-order valence-corrected chi connectivity index (χ3v) is 10.4. The number of unbranched alkanes of at least 4 members (excludes halogenated alkanes) is 33. The lowest BCUT2D eigenvalue weighted by molar-refractivity contribution is 0.366. The third-order valence-electron chi connectivity index (χ3n) is 10.4. The Bertz CT molecular complexity index is 453. The van der Waals surface area contributed by atoms with Gasteiger partial charge in [0.2, 0.25) is 0 Å². The molecule has 0 radical (unpaired) electrons. The van der Waals surface area contributed by atoms with Gasteiger partial charge in [0.15, 0.2) is 0 Å². The monoisotopic (exact) mass is 605 g/mol. The zero-order chi connectivity index (χ0) is 31.2. The highest BCUT2D eigenvalue weighted by Crippen LogP contribution is 2.25. The molecule has 0 N–H and O–H groups in total. The van der Waals surface area contributed by atoms with Gasteiger partial charge in [0, 0.05) is 0 Å². The van der Waals surface area contributed by atoms with Crippen LogP contribution in [0.1, 0.15) is 271 Å². The summed E-state index contributed by atoms with van der Waals surface area (Å²) in [6, 6.07) is 0. The maximum absolute atomic E-state index is 2.35. The van der Waals surface area contributed by atoms with Crippen molar-refractivity contribution in [3.05, 3.63) is 0 Å². The van der Waals surface area contributed by atoms with Gasteiger partial charge >= 0.3 is 0 Å². The van der Waals surface area contributed by atoms with Crippen molar-refractivity contribution in [1.82, 2.24) is 0 Å². The highest BCUT2D eigenvalue weighted by atomic mass is 14.1. The van der Waals surface area contributed by atoms with E-state index in [1.165, 1.54) is 250 Å². The van der Waals surface area contributed by atoms with Gasteiger partial charge in [0.1, 0.15) is 0 Å². The van der Waals surface area contributed by atoms with E-state index in [9.17, 15) is 0 Å². The Labute approximate surface area is 276 Å². The summed E-state index contributed by atoms with van der Waals surface area (Å²) in [4.78, 5) is 0. The van der Waals surface area contributed by atoms with E-state index >= 15 is 0 Å². The largest absolute Gasteiger partial charge is 0.0654 e. The van der Waals surface area contributed by atoms with E-state index in [0.717, 1.165) is 5.92 Å². The molecule has 1 unspecified atom stereocenters. The van der Waals surface area contributed by atoms with E-state index in [0.29, 0.717) is 0 Å². The van der Waals surface area contributed by atoms with E-state index in [1.807, 2.05) is 0 Å². The Morgan fingerprint density at radius 1 is 0.186 bits per heavy atom. The van der Waals surface area contributed by atoms with Crippen molar-refractivity contribution in [2.75, 3.05) is 0 Å². The highest BCUT2D eigenvalue weighted by Gasteiger charge is 2.09. The third kappa shape index (κ3) is 38.1. The molecule has 0 bridgehead atoms. The average Bonchev–Trinajstić information content (AvgIpc) is 3.02. The molecule has 1 atom stereocenters. The fraction of sp³-hybridized carbons (Fsp3) is 1.00. The second kappa shape index (κ2) is 40.0. The molecule has 0 aliphatic heterocycles.